The zero-order valence-electron chi connectivity index (χ0n) is 15.9. The Morgan fingerprint density at radius 2 is 1.93 bits per heavy atom. The number of nitro groups is 1. The molecule has 7 nitrogen and oxygen atoms in total. The maximum Gasteiger partial charge on any atom is 0.270 e. The Hall–Kier alpha value is -3.19. The summed E-state index contributed by atoms with van der Waals surface area (Å²) in [5.74, 6) is 2.31. The summed E-state index contributed by atoms with van der Waals surface area (Å²) in [7, 11) is 0. The van der Waals surface area contributed by atoms with Gasteiger partial charge in [0.15, 0.2) is 0 Å². The number of rotatable bonds is 4. The SMILES string of the molecule is O=c1cccc2n1C[C@@H]1CC2CN(Cc2ccc(-c3cccc([N+](=O)[O-])c3)o2)C1. The first-order chi connectivity index (χ1) is 14.1. The van der Waals surface area contributed by atoms with Gasteiger partial charge in [0.2, 0.25) is 0 Å². The Morgan fingerprint density at radius 3 is 2.79 bits per heavy atom. The maximum absolute atomic E-state index is 12.2. The Balaban J connectivity index is 1.33. The Morgan fingerprint density at radius 1 is 1.07 bits per heavy atom. The smallest absolute Gasteiger partial charge is 0.270 e. The molecule has 29 heavy (non-hydrogen) atoms. The van der Waals surface area contributed by atoms with Crippen LogP contribution in [0.25, 0.3) is 11.3 Å². The summed E-state index contributed by atoms with van der Waals surface area (Å²) in [6.45, 7) is 3.30. The van der Waals surface area contributed by atoms with Gasteiger partial charge in [-0.15, -0.1) is 0 Å². The molecule has 0 saturated carbocycles. The van der Waals surface area contributed by atoms with Gasteiger partial charge in [-0.05, 0) is 30.5 Å². The van der Waals surface area contributed by atoms with Gasteiger partial charge in [0.1, 0.15) is 11.5 Å². The zero-order valence-corrected chi connectivity index (χ0v) is 15.9. The number of nitro benzene ring substituents is 1. The number of aromatic nitrogens is 1. The molecular weight excluding hydrogens is 370 g/mol. The molecule has 1 saturated heterocycles. The van der Waals surface area contributed by atoms with Crippen LogP contribution in [0.15, 0.2) is 63.8 Å². The molecule has 5 rings (SSSR count). The van der Waals surface area contributed by atoms with Crippen LogP contribution >= 0.6 is 0 Å². The lowest BCUT2D eigenvalue weighted by atomic mass is 9.83. The van der Waals surface area contributed by atoms with Crippen molar-refractivity contribution in [2.45, 2.75) is 25.4 Å². The van der Waals surface area contributed by atoms with E-state index in [-0.39, 0.29) is 11.2 Å². The van der Waals surface area contributed by atoms with Gasteiger partial charge in [0, 0.05) is 55.0 Å². The molecule has 0 radical (unpaired) electrons. The first kappa shape index (κ1) is 17.9. The summed E-state index contributed by atoms with van der Waals surface area (Å²) < 4.78 is 7.93. The van der Waals surface area contributed by atoms with E-state index >= 15 is 0 Å². The maximum atomic E-state index is 12.2. The van der Waals surface area contributed by atoms with E-state index in [9.17, 15) is 14.9 Å². The molecule has 7 heteroatoms. The van der Waals surface area contributed by atoms with Crippen molar-refractivity contribution in [1.82, 2.24) is 9.47 Å². The molecule has 2 atom stereocenters. The van der Waals surface area contributed by atoms with Crippen LogP contribution in [0.2, 0.25) is 0 Å². The monoisotopic (exact) mass is 391 g/mol. The van der Waals surface area contributed by atoms with E-state index in [0.29, 0.717) is 29.7 Å². The summed E-state index contributed by atoms with van der Waals surface area (Å²) in [6, 6.07) is 15.9. The second kappa shape index (κ2) is 7.00. The fraction of sp³-hybridized carbons (Fsp3) is 0.318. The summed E-state index contributed by atoms with van der Waals surface area (Å²) in [4.78, 5) is 25.2. The molecule has 2 bridgehead atoms. The number of hydrogen-bond donors (Lipinski definition) is 0. The molecule has 2 aliphatic rings. The van der Waals surface area contributed by atoms with Crippen LogP contribution in [-0.2, 0) is 13.1 Å². The number of piperidine rings is 1. The summed E-state index contributed by atoms with van der Waals surface area (Å²) in [5.41, 5.74) is 1.99. The van der Waals surface area contributed by atoms with Crippen molar-refractivity contribution in [1.29, 1.82) is 0 Å². The molecule has 4 heterocycles. The summed E-state index contributed by atoms with van der Waals surface area (Å²) in [6.07, 6.45) is 1.12. The van der Waals surface area contributed by atoms with E-state index in [0.717, 1.165) is 37.5 Å². The van der Waals surface area contributed by atoms with E-state index in [1.807, 2.05) is 28.8 Å². The highest BCUT2D eigenvalue weighted by molar-refractivity contribution is 5.61. The highest BCUT2D eigenvalue weighted by Crippen LogP contribution is 2.36. The molecule has 0 aliphatic carbocycles. The Bertz CT molecular complexity index is 1130. The van der Waals surface area contributed by atoms with Gasteiger partial charge in [-0.2, -0.15) is 0 Å². The fourth-order valence-corrected chi connectivity index (χ4v) is 4.74. The van der Waals surface area contributed by atoms with E-state index in [2.05, 4.69) is 11.0 Å². The second-order valence-corrected chi connectivity index (χ2v) is 7.97. The van der Waals surface area contributed by atoms with E-state index < -0.39 is 4.92 Å². The van der Waals surface area contributed by atoms with Crippen LogP contribution in [0.5, 0.6) is 0 Å². The molecule has 1 fully saturated rings. The Kier molecular flexibility index (Phi) is 4.32. The normalized spacial score (nSPS) is 21.0. The number of hydrogen-bond acceptors (Lipinski definition) is 5. The third-order valence-corrected chi connectivity index (χ3v) is 5.94. The number of furan rings is 1. The molecule has 0 amide bonds. The quantitative estimate of drug-likeness (QED) is 0.501. The molecule has 1 aromatic carbocycles. The molecule has 0 N–H and O–H groups in total. The predicted molar refractivity (Wildman–Crippen MR) is 108 cm³/mol. The van der Waals surface area contributed by atoms with Gasteiger partial charge < -0.3 is 8.98 Å². The minimum Gasteiger partial charge on any atom is -0.460 e. The first-order valence-corrected chi connectivity index (χ1v) is 9.82. The number of benzene rings is 1. The second-order valence-electron chi connectivity index (χ2n) is 7.97. The highest BCUT2D eigenvalue weighted by Gasteiger charge is 2.34. The standard InChI is InChI=1S/C22H21N3O4/c26-22-6-2-5-20-17-9-15(12-24(20)22)11-23(13-17)14-19-7-8-21(29-19)16-3-1-4-18(10-16)25(27)28/h1-8,10,15,17H,9,11-14H2/t15-,17?/m1/s1. The average molecular weight is 391 g/mol. The lowest BCUT2D eigenvalue weighted by Crippen LogP contribution is -2.46. The molecule has 1 unspecified atom stereocenters. The molecule has 148 valence electrons. The summed E-state index contributed by atoms with van der Waals surface area (Å²) >= 11 is 0. The van der Waals surface area contributed by atoms with Crippen LogP contribution in [0.4, 0.5) is 5.69 Å². The minimum absolute atomic E-state index is 0.0539. The molecule has 2 aromatic heterocycles. The van der Waals surface area contributed by atoms with Crippen molar-refractivity contribution in [3.8, 4) is 11.3 Å². The average Bonchev–Trinajstić information content (AvgIpc) is 3.17. The van der Waals surface area contributed by atoms with Crippen molar-refractivity contribution >= 4 is 5.69 Å². The van der Waals surface area contributed by atoms with Crippen LogP contribution in [-0.4, -0.2) is 27.5 Å². The molecule has 0 spiro atoms. The lowest BCUT2D eigenvalue weighted by molar-refractivity contribution is -0.384. The van der Waals surface area contributed by atoms with Crippen LogP contribution in [0.3, 0.4) is 0 Å². The number of non-ortho nitro benzene ring substituents is 1. The molecule has 2 aliphatic heterocycles. The third kappa shape index (κ3) is 3.38. The van der Waals surface area contributed by atoms with Crippen molar-refractivity contribution in [3.63, 3.8) is 0 Å². The number of pyridine rings is 1. The van der Waals surface area contributed by atoms with Gasteiger partial charge in [0.25, 0.3) is 11.2 Å². The summed E-state index contributed by atoms with van der Waals surface area (Å²) in [5, 5.41) is 11.0. The van der Waals surface area contributed by atoms with Gasteiger partial charge in [0.05, 0.1) is 11.5 Å². The van der Waals surface area contributed by atoms with E-state index in [1.165, 1.54) is 12.1 Å². The number of nitrogens with zero attached hydrogens (tertiary/aromatic N) is 3. The number of likely N-dealkylation sites (tertiary alicyclic amines) is 1. The van der Waals surface area contributed by atoms with Crippen LogP contribution in [0, 0.1) is 16.0 Å². The first-order valence-electron chi connectivity index (χ1n) is 9.82. The predicted octanol–water partition coefficient (Wildman–Crippen LogP) is 3.64. The van der Waals surface area contributed by atoms with E-state index in [4.69, 9.17) is 4.42 Å². The van der Waals surface area contributed by atoms with Crippen molar-refractivity contribution < 1.29 is 9.34 Å². The fourth-order valence-electron chi connectivity index (χ4n) is 4.74. The van der Waals surface area contributed by atoms with Crippen molar-refractivity contribution in [2.75, 3.05) is 13.1 Å². The van der Waals surface area contributed by atoms with Crippen molar-refractivity contribution in [2.24, 2.45) is 5.92 Å². The Labute approximate surface area is 167 Å². The van der Waals surface area contributed by atoms with Gasteiger partial charge >= 0.3 is 0 Å². The minimum atomic E-state index is -0.400. The molecule has 3 aromatic rings. The lowest BCUT2D eigenvalue weighted by Gasteiger charge is -2.42. The highest BCUT2D eigenvalue weighted by atomic mass is 16.6. The molecular formula is C22H21N3O4. The van der Waals surface area contributed by atoms with Crippen LogP contribution in [0.1, 0.15) is 23.8 Å². The van der Waals surface area contributed by atoms with Gasteiger partial charge in [-0.25, -0.2) is 0 Å². The van der Waals surface area contributed by atoms with Gasteiger partial charge in [-0.1, -0.05) is 18.2 Å². The zero-order chi connectivity index (χ0) is 20.0. The van der Waals surface area contributed by atoms with Gasteiger partial charge in [-0.3, -0.25) is 19.8 Å². The van der Waals surface area contributed by atoms with E-state index in [1.54, 1.807) is 12.1 Å². The number of fused-ring (bicyclic) bond motifs is 4. The third-order valence-electron chi connectivity index (χ3n) is 5.94. The van der Waals surface area contributed by atoms with Crippen LogP contribution < -0.4 is 5.56 Å². The largest absolute Gasteiger partial charge is 0.460 e. The van der Waals surface area contributed by atoms with Crippen molar-refractivity contribution in [3.05, 3.63) is 86.5 Å². The topological polar surface area (TPSA) is 81.5 Å².